The Morgan fingerprint density at radius 1 is 1.29 bits per heavy atom. The monoisotopic (exact) mass is 242 g/mol. The molecule has 1 fully saturated rings. The summed E-state index contributed by atoms with van der Waals surface area (Å²) in [4.78, 5) is 2.54. The third kappa shape index (κ3) is 4.94. The fraction of sp³-hybridized carbons (Fsp3) is 1.00. The Morgan fingerprint density at radius 3 is 2.47 bits per heavy atom. The van der Waals surface area contributed by atoms with Crippen molar-refractivity contribution in [2.45, 2.75) is 65.1 Å². The topological polar surface area (TPSA) is 24.5 Å². The molecule has 1 rings (SSSR count). The number of hydrogen-bond donors (Lipinski definition) is 1. The van der Waals surface area contributed by atoms with Crippen LogP contribution in [-0.4, -0.2) is 48.8 Å². The molecule has 0 bridgehead atoms. The summed E-state index contributed by atoms with van der Waals surface area (Å²) >= 11 is 0. The summed E-state index contributed by atoms with van der Waals surface area (Å²) in [5.74, 6) is 0. The molecule has 0 aromatic carbocycles. The van der Waals surface area contributed by atoms with Gasteiger partial charge >= 0.3 is 0 Å². The van der Waals surface area contributed by atoms with E-state index < -0.39 is 0 Å². The lowest BCUT2D eigenvalue weighted by Gasteiger charge is -2.41. The van der Waals surface area contributed by atoms with E-state index in [4.69, 9.17) is 4.74 Å². The molecule has 1 aliphatic rings. The Hall–Kier alpha value is -0.120. The van der Waals surface area contributed by atoms with Crippen LogP contribution in [0.1, 0.15) is 47.5 Å². The van der Waals surface area contributed by atoms with Gasteiger partial charge in [-0.2, -0.15) is 0 Å². The van der Waals surface area contributed by atoms with Crippen molar-refractivity contribution in [3.63, 3.8) is 0 Å². The summed E-state index contributed by atoms with van der Waals surface area (Å²) in [6, 6.07) is 1.27. The van der Waals surface area contributed by atoms with Gasteiger partial charge in [0.25, 0.3) is 0 Å². The van der Waals surface area contributed by atoms with Gasteiger partial charge in [0.15, 0.2) is 0 Å². The van der Waals surface area contributed by atoms with Gasteiger partial charge in [0.2, 0.25) is 0 Å². The minimum atomic E-state index is 0.0153. The highest BCUT2D eigenvalue weighted by Crippen LogP contribution is 2.18. The highest BCUT2D eigenvalue weighted by Gasteiger charge is 2.29. The molecule has 1 aliphatic heterocycles. The molecule has 1 heterocycles. The van der Waals surface area contributed by atoms with Gasteiger partial charge in [-0.15, -0.1) is 0 Å². The number of nitrogens with one attached hydrogen (secondary N) is 1. The molecule has 0 saturated carbocycles. The molecule has 0 aromatic rings. The predicted molar refractivity (Wildman–Crippen MR) is 73.4 cm³/mol. The lowest BCUT2D eigenvalue weighted by Crippen LogP contribution is -2.54. The predicted octanol–water partition coefficient (Wildman–Crippen LogP) is 2.26. The van der Waals surface area contributed by atoms with Crippen molar-refractivity contribution in [2.75, 3.05) is 26.2 Å². The van der Waals surface area contributed by atoms with Crippen LogP contribution in [0.2, 0.25) is 0 Å². The molecule has 0 aliphatic carbocycles. The first-order valence-corrected chi connectivity index (χ1v) is 7.10. The van der Waals surface area contributed by atoms with Crippen molar-refractivity contribution in [2.24, 2.45) is 0 Å². The van der Waals surface area contributed by atoms with Crippen molar-refractivity contribution >= 4 is 0 Å². The van der Waals surface area contributed by atoms with Gasteiger partial charge < -0.3 is 10.1 Å². The zero-order valence-corrected chi connectivity index (χ0v) is 12.3. The van der Waals surface area contributed by atoms with Crippen LogP contribution in [0.3, 0.4) is 0 Å². The number of hydrogen-bond acceptors (Lipinski definition) is 3. The first kappa shape index (κ1) is 14.9. The van der Waals surface area contributed by atoms with Crippen LogP contribution >= 0.6 is 0 Å². The highest BCUT2D eigenvalue weighted by atomic mass is 16.5. The second kappa shape index (κ2) is 6.72. The third-order valence-electron chi connectivity index (χ3n) is 3.77. The molecule has 102 valence electrons. The van der Waals surface area contributed by atoms with Crippen LogP contribution in [0.15, 0.2) is 0 Å². The third-order valence-corrected chi connectivity index (χ3v) is 3.77. The smallest absolute Gasteiger partial charge is 0.0753 e. The van der Waals surface area contributed by atoms with Crippen LogP contribution in [0.5, 0.6) is 0 Å². The van der Waals surface area contributed by atoms with Gasteiger partial charge in [-0.3, -0.25) is 4.90 Å². The van der Waals surface area contributed by atoms with E-state index in [2.05, 4.69) is 44.8 Å². The number of rotatable bonds is 6. The van der Waals surface area contributed by atoms with E-state index in [1.54, 1.807) is 0 Å². The molecule has 1 unspecified atom stereocenters. The molecule has 0 amide bonds. The van der Waals surface area contributed by atoms with Crippen LogP contribution in [0.4, 0.5) is 0 Å². The normalized spacial score (nSPS) is 22.9. The number of ether oxygens (including phenoxy) is 1. The Kier molecular flexibility index (Phi) is 5.90. The largest absolute Gasteiger partial charge is 0.373 e. The number of morpholine rings is 1. The maximum absolute atomic E-state index is 5.75. The summed E-state index contributed by atoms with van der Waals surface area (Å²) in [6.45, 7) is 15.2. The molecule has 0 radical (unpaired) electrons. The zero-order chi connectivity index (χ0) is 12.9. The number of nitrogens with zero attached hydrogens (tertiary/aromatic N) is 1. The quantitative estimate of drug-likeness (QED) is 0.773. The van der Waals surface area contributed by atoms with Crippen LogP contribution < -0.4 is 5.32 Å². The average Bonchev–Trinajstić information content (AvgIpc) is 2.28. The second-order valence-electron chi connectivity index (χ2n) is 5.85. The van der Waals surface area contributed by atoms with Crippen LogP contribution in [0, 0.1) is 0 Å². The van der Waals surface area contributed by atoms with E-state index >= 15 is 0 Å². The fourth-order valence-corrected chi connectivity index (χ4v) is 2.47. The van der Waals surface area contributed by atoms with Gasteiger partial charge in [-0.25, -0.2) is 0 Å². The molecule has 3 nitrogen and oxygen atoms in total. The Morgan fingerprint density at radius 2 is 1.94 bits per heavy atom. The zero-order valence-electron chi connectivity index (χ0n) is 12.3. The van der Waals surface area contributed by atoms with Crippen LogP contribution in [0.25, 0.3) is 0 Å². The lowest BCUT2D eigenvalue weighted by molar-refractivity contribution is -0.0951. The lowest BCUT2D eigenvalue weighted by atomic mass is 10.1. The molecule has 1 N–H and O–H groups in total. The van der Waals surface area contributed by atoms with E-state index in [9.17, 15) is 0 Å². The van der Waals surface area contributed by atoms with E-state index in [-0.39, 0.29) is 5.60 Å². The van der Waals surface area contributed by atoms with Crippen molar-refractivity contribution in [3.05, 3.63) is 0 Å². The summed E-state index contributed by atoms with van der Waals surface area (Å²) in [7, 11) is 0. The highest BCUT2D eigenvalue weighted by molar-refractivity contribution is 4.83. The first-order valence-electron chi connectivity index (χ1n) is 7.10. The van der Waals surface area contributed by atoms with Gasteiger partial charge in [0.05, 0.1) is 12.2 Å². The summed E-state index contributed by atoms with van der Waals surface area (Å²) < 4.78 is 5.75. The van der Waals surface area contributed by atoms with Crippen molar-refractivity contribution in [1.82, 2.24) is 10.2 Å². The summed E-state index contributed by atoms with van der Waals surface area (Å²) in [5, 5.41) is 3.66. The molecular formula is C14H30N2O. The standard InChI is InChI=1S/C14H30N2O/c1-6-13(7-2)15-10-12(3)16-8-9-17-14(4,5)11-16/h12-13,15H,6-11H2,1-5H3. The Labute approximate surface area is 107 Å². The fourth-order valence-electron chi connectivity index (χ4n) is 2.47. The Balaban J connectivity index is 2.34. The molecule has 1 atom stereocenters. The van der Waals surface area contributed by atoms with Crippen LogP contribution in [-0.2, 0) is 4.74 Å². The second-order valence-corrected chi connectivity index (χ2v) is 5.85. The van der Waals surface area contributed by atoms with Crippen molar-refractivity contribution < 1.29 is 4.74 Å². The Bertz CT molecular complexity index is 214. The molecule has 17 heavy (non-hydrogen) atoms. The van der Waals surface area contributed by atoms with Crippen molar-refractivity contribution in [3.8, 4) is 0 Å². The van der Waals surface area contributed by atoms with E-state index in [0.29, 0.717) is 12.1 Å². The van der Waals surface area contributed by atoms with E-state index in [1.165, 1.54) is 12.8 Å². The maximum atomic E-state index is 5.75. The van der Waals surface area contributed by atoms with E-state index in [1.807, 2.05) is 0 Å². The van der Waals surface area contributed by atoms with E-state index in [0.717, 1.165) is 26.2 Å². The van der Waals surface area contributed by atoms with Gasteiger partial charge in [0, 0.05) is 31.7 Å². The summed E-state index contributed by atoms with van der Waals surface area (Å²) in [5.41, 5.74) is 0.0153. The molecule has 1 saturated heterocycles. The molecule has 3 heteroatoms. The van der Waals surface area contributed by atoms with Gasteiger partial charge in [0.1, 0.15) is 0 Å². The minimum absolute atomic E-state index is 0.0153. The summed E-state index contributed by atoms with van der Waals surface area (Å²) in [6.07, 6.45) is 2.44. The first-order chi connectivity index (χ1) is 7.98. The maximum Gasteiger partial charge on any atom is 0.0753 e. The SMILES string of the molecule is CCC(CC)NCC(C)N1CCOC(C)(C)C1. The molecular weight excluding hydrogens is 212 g/mol. The minimum Gasteiger partial charge on any atom is -0.373 e. The average molecular weight is 242 g/mol. The molecule has 0 spiro atoms. The van der Waals surface area contributed by atoms with Crippen molar-refractivity contribution in [1.29, 1.82) is 0 Å². The van der Waals surface area contributed by atoms with Gasteiger partial charge in [-0.05, 0) is 33.6 Å². The molecule has 0 aromatic heterocycles. The van der Waals surface area contributed by atoms with Gasteiger partial charge in [-0.1, -0.05) is 13.8 Å².